The Labute approximate surface area is 121 Å². The summed E-state index contributed by atoms with van der Waals surface area (Å²) in [5.74, 6) is 0.533. The van der Waals surface area contributed by atoms with Crippen molar-refractivity contribution in [3.8, 4) is 5.75 Å². The summed E-state index contributed by atoms with van der Waals surface area (Å²) in [7, 11) is 0. The van der Waals surface area contributed by atoms with E-state index in [4.69, 9.17) is 16.3 Å². The Kier molecular flexibility index (Phi) is 4.82. The van der Waals surface area contributed by atoms with Gasteiger partial charge < -0.3 is 10.1 Å². The Bertz CT molecular complexity index is 541. The summed E-state index contributed by atoms with van der Waals surface area (Å²) in [6.07, 6.45) is 0. The summed E-state index contributed by atoms with van der Waals surface area (Å²) in [6, 6.07) is 12.9. The molecule has 1 aromatic carbocycles. The second-order valence-corrected chi connectivity index (χ2v) is 5.78. The quantitative estimate of drug-likeness (QED) is 0.914. The highest BCUT2D eigenvalue weighted by molar-refractivity contribution is 7.16. The molecule has 1 heterocycles. The van der Waals surface area contributed by atoms with Crippen LogP contribution in [-0.4, -0.2) is 12.5 Å². The van der Waals surface area contributed by atoms with E-state index in [2.05, 4.69) is 5.32 Å². The van der Waals surface area contributed by atoms with Gasteiger partial charge in [0.1, 0.15) is 5.75 Å². The Hall–Kier alpha value is -1.52. The van der Waals surface area contributed by atoms with Crippen LogP contribution >= 0.6 is 22.9 Å². The molecule has 100 valence electrons. The molecule has 0 saturated carbocycles. The standard InChI is InChI=1S/C14H14ClNO2S/c1-10(12-7-8-13(15)19-12)16-14(17)9-18-11-5-3-2-4-6-11/h2-8,10H,9H2,1H3,(H,16,17). The summed E-state index contributed by atoms with van der Waals surface area (Å²) < 4.78 is 6.09. The van der Waals surface area contributed by atoms with E-state index in [-0.39, 0.29) is 18.6 Å². The minimum absolute atomic E-state index is 0.00740. The molecule has 1 atom stereocenters. The molecule has 0 spiro atoms. The van der Waals surface area contributed by atoms with Crippen LogP contribution in [0.3, 0.4) is 0 Å². The van der Waals surface area contributed by atoms with Gasteiger partial charge in [0.2, 0.25) is 0 Å². The van der Waals surface area contributed by atoms with Crippen LogP contribution in [0, 0.1) is 0 Å². The first-order valence-electron chi connectivity index (χ1n) is 5.87. The van der Waals surface area contributed by atoms with Crippen molar-refractivity contribution >= 4 is 28.8 Å². The molecule has 0 saturated heterocycles. The van der Waals surface area contributed by atoms with Crippen LogP contribution in [0.15, 0.2) is 42.5 Å². The van der Waals surface area contributed by atoms with E-state index in [1.807, 2.05) is 49.4 Å². The topological polar surface area (TPSA) is 38.3 Å². The number of para-hydroxylation sites is 1. The average molecular weight is 296 g/mol. The molecule has 1 amide bonds. The number of ether oxygens (including phenoxy) is 1. The highest BCUT2D eigenvalue weighted by Gasteiger charge is 2.11. The Morgan fingerprint density at radius 3 is 2.68 bits per heavy atom. The molecule has 19 heavy (non-hydrogen) atoms. The Morgan fingerprint density at radius 1 is 1.32 bits per heavy atom. The lowest BCUT2D eigenvalue weighted by Crippen LogP contribution is -2.30. The highest BCUT2D eigenvalue weighted by Crippen LogP contribution is 2.26. The van der Waals surface area contributed by atoms with Crippen molar-refractivity contribution in [2.45, 2.75) is 13.0 Å². The van der Waals surface area contributed by atoms with E-state index in [0.717, 1.165) is 9.21 Å². The lowest BCUT2D eigenvalue weighted by atomic mass is 10.3. The van der Waals surface area contributed by atoms with Gasteiger partial charge in [-0.15, -0.1) is 11.3 Å². The normalized spacial score (nSPS) is 11.9. The molecule has 5 heteroatoms. The van der Waals surface area contributed by atoms with Gasteiger partial charge in [-0.25, -0.2) is 0 Å². The van der Waals surface area contributed by atoms with Gasteiger partial charge in [0, 0.05) is 4.88 Å². The van der Waals surface area contributed by atoms with Gasteiger partial charge in [-0.05, 0) is 31.2 Å². The molecule has 0 radical (unpaired) electrons. The van der Waals surface area contributed by atoms with Crippen LogP contribution in [0.25, 0.3) is 0 Å². The molecule has 3 nitrogen and oxygen atoms in total. The fourth-order valence-corrected chi connectivity index (χ4v) is 2.64. The molecule has 0 bridgehead atoms. The lowest BCUT2D eigenvalue weighted by molar-refractivity contribution is -0.123. The minimum atomic E-state index is -0.152. The molecule has 0 aliphatic heterocycles. The summed E-state index contributed by atoms with van der Waals surface area (Å²) in [4.78, 5) is 12.8. The van der Waals surface area contributed by atoms with Crippen molar-refractivity contribution in [1.82, 2.24) is 5.32 Å². The zero-order valence-electron chi connectivity index (χ0n) is 10.4. The predicted molar refractivity (Wildman–Crippen MR) is 77.8 cm³/mol. The van der Waals surface area contributed by atoms with Crippen molar-refractivity contribution in [2.24, 2.45) is 0 Å². The number of hydrogen-bond acceptors (Lipinski definition) is 3. The fraction of sp³-hybridized carbons (Fsp3) is 0.214. The van der Waals surface area contributed by atoms with Crippen LogP contribution in [0.2, 0.25) is 4.34 Å². The zero-order chi connectivity index (χ0) is 13.7. The SMILES string of the molecule is CC(NC(=O)COc1ccccc1)c1ccc(Cl)s1. The van der Waals surface area contributed by atoms with Gasteiger partial charge in [-0.1, -0.05) is 29.8 Å². The number of carbonyl (C=O) groups excluding carboxylic acids is 1. The average Bonchev–Trinajstić information content (AvgIpc) is 2.84. The summed E-state index contributed by atoms with van der Waals surface area (Å²) >= 11 is 7.33. The van der Waals surface area contributed by atoms with Crippen LogP contribution in [0.1, 0.15) is 17.8 Å². The van der Waals surface area contributed by atoms with Crippen molar-refractivity contribution in [3.05, 3.63) is 51.7 Å². The fourth-order valence-electron chi connectivity index (χ4n) is 1.58. The molecule has 1 unspecified atom stereocenters. The zero-order valence-corrected chi connectivity index (χ0v) is 12.0. The number of benzene rings is 1. The molecular weight excluding hydrogens is 282 g/mol. The van der Waals surface area contributed by atoms with Crippen molar-refractivity contribution < 1.29 is 9.53 Å². The first-order valence-corrected chi connectivity index (χ1v) is 7.07. The van der Waals surface area contributed by atoms with E-state index in [9.17, 15) is 4.79 Å². The van der Waals surface area contributed by atoms with Crippen LogP contribution in [0.5, 0.6) is 5.75 Å². The van der Waals surface area contributed by atoms with Gasteiger partial charge in [0.05, 0.1) is 10.4 Å². The van der Waals surface area contributed by atoms with Gasteiger partial charge in [0.25, 0.3) is 5.91 Å². The van der Waals surface area contributed by atoms with Crippen molar-refractivity contribution in [1.29, 1.82) is 0 Å². The van der Waals surface area contributed by atoms with E-state index >= 15 is 0 Å². The highest BCUT2D eigenvalue weighted by atomic mass is 35.5. The van der Waals surface area contributed by atoms with E-state index in [1.165, 1.54) is 11.3 Å². The van der Waals surface area contributed by atoms with Crippen molar-refractivity contribution in [3.63, 3.8) is 0 Å². The number of halogens is 1. The number of nitrogens with one attached hydrogen (secondary N) is 1. The number of rotatable bonds is 5. The molecule has 0 aliphatic carbocycles. The number of amides is 1. The third-order valence-corrected chi connectivity index (χ3v) is 3.93. The molecular formula is C14H14ClNO2S. The first-order chi connectivity index (χ1) is 9.15. The third kappa shape index (κ3) is 4.26. The van der Waals surface area contributed by atoms with E-state index in [0.29, 0.717) is 5.75 Å². The monoisotopic (exact) mass is 295 g/mol. The van der Waals surface area contributed by atoms with Crippen molar-refractivity contribution in [2.75, 3.05) is 6.61 Å². The molecule has 1 aromatic heterocycles. The van der Waals surface area contributed by atoms with Crippen LogP contribution < -0.4 is 10.1 Å². The summed E-state index contributed by atoms with van der Waals surface area (Å²) in [5, 5.41) is 2.87. The third-order valence-electron chi connectivity index (χ3n) is 2.51. The number of thiophene rings is 1. The van der Waals surface area contributed by atoms with Gasteiger partial charge >= 0.3 is 0 Å². The molecule has 0 fully saturated rings. The first kappa shape index (κ1) is 13.9. The van der Waals surface area contributed by atoms with E-state index in [1.54, 1.807) is 0 Å². The lowest BCUT2D eigenvalue weighted by Gasteiger charge is -2.12. The summed E-state index contributed by atoms with van der Waals surface area (Å²) in [6.45, 7) is 1.93. The number of hydrogen-bond donors (Lipinski definition) is 1. The minimum Gasteiger partial charge on any atom is -0.484 e. The van der Waals surface area contributed by atoms with Gasteiger partial charge in [-0.3, -0.25) is 4.79 Å². The predicted octanol–water partition coefficient (Wildman–Crippen LogP) is 3.66. The summed E-state index contributed by atoms with van der Waals surface area (Å²) in [5.41, 5.74) is 0. The Balaban J connectivity index is 1.81. The van der Waals surface area contributed by atoms with Gasteiger partial charge in [-0.2, -0.15) is 0 Å². The largest absolute Gasteiger partial charge is 0.484 e. The smallest absolute Gasteiger partial charge is 0.258 e. The second kappa shape index (κ2) is 6.59. The maximum Gasteiger partial charge on any atom is 0.258 e. The Morgan fingerprint density at radius 2 is 2.05 bits per heavy atom. The molecule has 0 aliphatic rings. The molecule has 1 N–H and O–H groups in total. The maximum atomic E-state index is 11.7. The maximum absolute atomic E-state index is 11.7. The molecule has 2 aromatic rings. The van der Waals surface area contributed by atoms with Gasteiger partial charge in [0.15, 0.2) is 6.61 Å². The van der Waals surface area contributed by atoms with Crippen LogP contribution in [-0.2, 0) is 4.79 Å². The number of carbonyl (C=O) groups is 1. The molecule has 2 rings (SSSR count). The van der Waals surface area contributed by atoms with E-state index < -0.39 is 0 Å². The second-order valence-electron chi connectivity index (χ2n) is 4.03. The van der Waals surface area contributed by atoms with Crippen LogP contribution in [0.4, 0.5) is 0 Å².